The Kier molecular flexibility index (Phi) is 5.14. The van der Waals surface area contributed by atoms with E-state index in [2.05, 4.69) is 18.7 Å². The second-order valence-electron chi connectivity index (χ2n) is 7.64. The highest BCUT2D eigenvalue weighted by molar-refractivity contribution is 8.00. The number of hydrogen-bond donors (Lipinski definition) is 0. The van der Waals surface area contributed by atoms with Crippen molar-refractivity contribution in [1.82, 2.24) is 9.80 Å². The van der Waals surface area contributed by atoms with Gasteiger partial charge in [0, 0.05) is 25.4 Å². The number of amides is 1. The SMILES string of the molecule is CC(C)CN1CCSC12CCCN(C(=O)OC(C)(C)C)C2. The van der Waals surface area contributed by atoms with Crippen molar-refractivity contribution in [3.8, 4) is 0 Å². The van der Waals surface area contributed by atoms with Gasteiger partial charge in [0.1, 0.15) is 5.60 Å². The number of rotatable bonds is 2. The maximum absolute atomic E-state index is 12.4. The van der Waals surface area contributed by atoms with E-state index in [1.54, 1.807) is 0 Å². The van der Waals surface area contributed by atoms with Crippen molar-refractivity contribution in [3.05, 3.63) is 0 Å². The van der Waals surface area contributed by atoms with Gasteiger partial charge in [0.2, 0.25) is 0 Å². The fourth-order valence-electron chi connectivity index (χ4n) is 3.20. The van der Waals surface area contributed by atoms with Crippen molar-refractivity contribution in [2.24, 2.45) is 5.92 Å². The number of likely N-dealkylation sites (tertiary alicyclic amines) is 1. The molecular formula is C16H30N2O2S. The highest BCUT2D eigenvalue weighted by atomic mass is 32.2. The Morgan fingerprint density at radius 1 is 1.33 bits per heavy atom. The molecule has 2 saturated heterocycles. The molecule has 5 heteroatoms. The number of carbonyl (C=O) groups is 1. The molecule has 0 aromatic carbocycles. The van der Waals surface area contributed by atoms with Gasteiger partial charge in [-0.25, -0.2) is 4.79 Å². The van der Waals surface area contributed by atoms with Gasteiger partial charge in [0.25, 0.3) is 0 Å². The van der Waals surface area contributed by atoms with E-state index in [0.717, 1.165) is 32.6 Å². The molecular weight excluding hydrogens is 284 g/mol. The summed E-state index contributed by atoms with van der Waals surface area (Å²) in [5.41, 5.74) is -0.415. The number of ether oxygens (including phenoxy) is 1. The van der Waals surface area contributed by atoms with Crippen LogP contribution in [0.25, 0.3) is 0 Å². The minimum absolute atomic E-state index is 0.124. The average Bonchev–Trinajstić information content (AvgIpc) is 2.69. The molecule has 2 heterocycles. The lowest BCUT2D eigenvalue weighted by molar-refractivity contribution is 0.00702. The molecule has 4 nitrogen and oxygen atoms in total. The van der Waals surface area contributed by atoms with Gasteiger partial charge >= 0.3 is 6.09 Å². The van der Waals surface area contributed by atoms with E-state index in [0.29, 0.717) is 5.92 Å². The van der Waals surface area contributed by atoms with E-state index in [4.69, 9.17) is 4.74 Å². The first kappa shape index (κ1) is 16.9. The molecule has 2 aliphatic rings. The van der Waals surface area contributed by atoms with Gasteiger partial charge in [-0.15, -0.1) is 11.8 Å². The predicted octanol–water partition coefficient (Wildman–Crippen LogP) is 3.42. The van der Waals surface area contributed by atoms with Gasteiger partial charge < -0.3 is 9.64 Å². The molecule has 21 heavy (non-hydrogen) atoms. The topological polar surface area (TPSA) is 32.8 Å². The maximum Gasteiger partial charge on any atom is 0.410 e. The maximum atomic E-state index is 12.4. The van der Waals surface area contributed by atoms with Crippen LogP contribution < -0.4 is 0 Å². The third-order valence-corrected chi connectivity index (χ3v) is 5.49. The quantitative estimate of drug-likeness (QED) is 0.782. The van der Waals surface area contributed by atoms with Crippen molar-refractivity contribution < 1.29 is 9.53 Å². The van der Waals surface area contributed by atoms with Crippen LogP contribution in [-0.4, -0.2) is 58.3 Å². The average molecular weight is 314 g/mol. The van der Waals surface area contributed by atoms with Crippen LogP contribution in [0.15, 0.2) is 0 Å². The molecule has 0 aromatic rings. The van der Waals surface area contributed by atoms with Crippen LogP contribution in [0.3, 0.4) is 0 Å². The molecule has 0 aromatic heterocycles. The molecule has 1 atom stereocenters. The molecule has 2 rings (SSSR count). The lowest BCUT2D eigenvalue weighted by atomic mass is 10.0. The second-order valence-corrected chi connectivity index (χ2v) is 9.10. The molecule has 0 bridgehead atoms. The smallest absolute Gasteiger partial charge is 0.410 e. The normalized spacial score (nSPS) is 27.6. The highest BCUT2D eigenvalue weighted by Crippen LogP contribution is 2.43. The molecule has 1 spiro atoms. The van der Waals surface area contributed by atoms with Gasteiger partial charge in [0.05, 0.1) is 11.4 Å². The summed E-state index contributed by atoms with van der Waals surface area (Å²) in [6.07, 6.45) is 2.10. The third-order valence-electron chi connectivity index (χ3n) is 3.98. The second kappa shape index (κ2) is 6.37. The van der Waals surface area contributed by atoms with Crippen molar-refractivity contribution in [2.45, 2.75) is 57.9 Å². The highest BCUT2D eigenvalue weighted by Gasteiger charge is 2.46. The van der Waals surface area contributed by atoms with E-state index in [-0.39, 0.29) is 11.0 Å². The minimum Gasteiger partial charge on any atom is -0.444 e. The summed E-state index contributed by atoms with van der Waals surface area (Å²) in [7, 11) is 0. The lowest BCUT2D eigenvalue weighted by Gasteiger charge is -2.45. The van der Waals surface area contributed by atoms with Crippen molar-refractivity contribution in [1.29, 1.82) is 0 Å². The zero-order valence-electron chi connectivity index (χ0n) is 14.1. The molecule has 0 N–H and O–H groups in total. The lowest BCUT2D eigenvalue weighted by Crippen LogP contribution is -2.56. The molecule has 2 fully saturated rings. The minimum atomic E-state index is -0.415. The summed E-state index contributed by atoms with van der Waals surface area (Å²) in [6, 6.07) is 0. The first-order valence-electron chi connectivity index (χ1n) is 8.09. The Morgan fingerprint density at radius 3 is 2.67 bits per heavy atom. The zero-order valence-corrected chi connectivity index (χ0v) is 15.0. The van der Waals surface area contributed by atoms with Crippen LogP contribution in [-0.2, 0) is 4.74 Å². The Bertz CT molecular complexity index is 381. The van der Waals surface area contributed by atoms with Crippen LogP contribution in [0.5, 0.6) is 0 Å². The number of carbonyl (C=O) groups excluding carboxylic acids is 1. The third kappa shape index (κ3) is 4.28. The van der Waals surface area contributed by atoms with Crippen molar-refractivity contribution in [3.63, 3.8) is 0 Å². The van der Waals surface area contributed by atoms with Crippen molar-refractivity contribution in [2.75, 3.05) is 31.9 Å². The molecule has 2 aliphatic heterocycles. The Balaban J connectivity index is 2.04. The summed E-state index contributed by atoms with van der Waals surface area (Å²) < 4.78 is 5.56. The van der Waals surface area contributed by atoms with Crippen LogP contribution in [0.1, 0.15) is 47.5 Å². The first-order valence-corrected chi connectivity index (χ1v) is 9.07. The Labute approximate surface area is 133 Å². The van der Waals surface area contributed by atoms with Crippen molar-refractivity contribution >= 4 is 17.9 Å². The molecule has 0 radical (unpaired) electrons. The Morgan fingerprint density at radius 2 is 2.05 bits per heavy atom. The molecule has 1 unspecified atom stereocenters. The first-order chi connectivity index (χ1) is 9.72. The fraction of sp³-hybridized carbons (Fsp3) is 0.938. The largest absolute Gasteiger partial charge is 0.444 e. The fourth-order valence-corrected chi connectivity index (χ4v) is 4.78. The van der Waals surface area contributed by atoms with Gasteiger partial charge in [-0.05, 0) is 39.5 Å². The van der Waals surface area contributed by atoms with Crippen LogP contribution in [0.4, 0.5) is 4.79 Å². The molecule has 122 valence electrons. The van der Waals surface area contributed by atoms with E-state index >= 15 is 0 Å². The van der Waals surface area contributed by atoms with Gasteiger partial charge in [-0.3, -0.25) is 4.90 Å². The van der Waals surface area contributed by atoms with E-state index in [1.165, 1.54) is 12.2 Å². The van der Waals surface area contributed by atoms with Gasteiger partial charge in [0.15, 0.2) is 0 Å². The number of piperidine rings is 1. The zero-order chi connectivity index (χ0) is 15.7. The summed E-state index contributed by atoms with van der Waals surface area (Å²) in [5, 5.41) is 0. The number of thioether (sulfide) groups is 1. The van der Waals surface area contributed by atoms with Crippen LogP contribution >= 0.6 is 11.8 Å². The van der Waals surface area contributed by atoms with Crippen LogP contribution in [0, 0.1) is 5.92 Å². The van der Waals surface area contributed by atoms with Gasteiger partial charge in [-0.1, -0.05) is 13.8 Å². The standard InChI is InChI=1S/C16H30N2O2S/c1-13(2)11-18-9-10-21-16(18)7-6-8-17(12-16)14(19)20-15(3,4)5/h13H,6-12H2,1-5H3. The summed E-state index contributed by atoms with van der Waals surface area (Å²) in [5.74, 6) is 1.84. The number of nitrogens with zero attached hydrogens (tertiary/aromatic N) is 2. The molecule has 1 amide bonds. The van der Waals surface area contributed by atoms with E-state index in [1.807, 2.05) is 37.4 Å². The van der Waals surface area contributed by atoms with E-state index in [9.17, 15) is 4.79 Å². The summed E-state index contributed by atoms with van der Waals surface area (Å²) in [6.45, 7) is 14.2. The summed E-state index contributed by atoms with van der Waals surface area (Å²) >= 11 is 2.03. The number of hydrogen-bond acceptors (Lipinski definition) is 4. The van der Waals surface area contributed by atoms with E-state index < -0.39 is 5.60 Å². The van der Waals surface area contributed by atoms with Crippen LogP contribution in [0.2, 0.25) is 0 Å². The molecule has 0 aliphatic carbocycles. The summed E-state index contributed by atoms with van der Waals surface area (Å²) in [4.78, 5) is 17.0. The monoisotopic (exact) mass is 314 g/mol. The Hall–Kier alpha value is -0.420. The van der Waals surface area contributed by atoms with Gasteiger partial charge in [-0.2, -0.15) is 0 Å². The molecule has 0 saturated carbocycles. The predicted molar refractivity (Wildman–Crippen MR) is 88.6 cm³/mol.